The Bertz CT molecular complexity index is 183. The van der Waals surface area contributed by atoms with E-state index in [4.69, 9.17) is 0 Å². The van der Waals surface area contributed by atoms with Crippen molar-refractivity contribution in [1.82, 2.24) is 4.90 Å². The van der Waals surface area contributed by atoms with Gasteiger partial charge in [-0.3, -0.25) is 4.90 Å². The van der Waals surface area contributed by atoms with Gasteiger partial charge in [-0.15, -0.1) is 0 Å². The third-order valence-corrected chi connectivity index (χ3v) is 3.95. The summed E-state index contributed by atoms with van der Waals surface area (Å²) in [5.74, 6) is 0. The van der Waals surface area contributed by atoms with E-state index in [0.717, 1.165) is 18.9 Å². The predicted octanol–water partition coefficient (Wildman–Crippen LogP) is 2.16. The first-order chi connectivity index (χ1) is 6.77. The fourth-order valence-electron chi connectivity index (χ4n) is 3.08. The highest BCUT2D eigenvalue weighted by Gasteiger charge is 2.30. The summed E-state index contributed by atoms with van der Waals surface area (Å²) in [6, 6.07) is 1.42. The first-order valence-corrected chi connectivity index (χ1v) is 6.21. The van der Waals surface area contributed by atoms with Crippen molar-refractivity contribution in [2.45, 2.75) is 70.1 Å². The van der Waals surface area contributed by atoms with Crippen LogP contribution in [0.5, 0.6) is 0 Å². The lowest BCUT2D eigenvalue weighted by molar-refractivity contribution is 0.125. The lowest BCUT2D eigenvalue weighted by Crippen LogP contribution is -2.40. The summed E-state index contributed by atoms with van der Waals surface area (Å²) in [4.78, 5) is 2.66. The Labute approximate surface area is 87.3 Å². The molecule has 1 N–H and O–H groups in total. The molecule has 3 atom stereocenters. The molecule has 1 heterocycles. The van der Waals surface area contributed by atoms with Gasteiger partial charge in [0, 0.05) is 12.1 Å². The van der Waals surface area contributed by atoms with Crippen LogP contribution in [0.25, 0.3) is 0 Å². The van der Waals surface area contributed by atoms with Gasteiger partial charge in [-0.1, -0.05) is 12.8 Å². The summed E-state index contributed by atoms with van der Waals surface area (Å²) in [5, 5.41) is 9.56. The van der Waals surface area contributed by atoms with Crippen molar-refractivity contribution in [1.29, 1.82) is 0 Å². The highest BCUT2D eigenvalue weighted by atomic mass is 16.3. The number of nitrogens with zero attached hydrogens (tertiary/aromatic N) is 1. The molecule has 1 aliphatic heterocycles. The van der Waals surface area contributed by atoms with Crippen molar-refractivity contribution >= 4 is 0 Å². The zero-order valence-corrected chi connectivity index (χ0v) is 9.28. The zero-order chi connectivity index (χ0) is 9.97. The summed E-state index contributed by atoms with van der Waals surface area (Å²) in [6.45, 7) is 3.62. The number of aliphatic hydroxyl groups excluding tert-OH is 1. The highest BCUT2D eigenvalue weighted by molar-refractivity contribution is 4.86. The normalized spacial score (nSPS) is 41.1. The lowest BCUT2D eigenvalue weighted by atomic mass is 10.1. The molecule has 1 aliphatic carbocycles. The first-order valence-electron chi connectivity index (χ1n) is 6.21. The average Bonchev–Trinajstić information content (AvgIpc) is 2.46. The Hall–Kier alpha value is -0.0800. The van der Waals surface area contributed by atoms with Crippen molar-refractivity contribution in [3.05, 3.63) is 0 Å². The average molecular weight is 197 g/mol. The molecule has 2 rings (SSSR count). The quantitative estimate of drug-likeness (QED) is 0.696. The number of hydrogen-bond acceptors (Lipinski definition) is 2. The van der Waals surface area contributed by atoms with Crippen LogP contribution in [-0.2, 0) is 0 Å². The molecular weight excluding hydrogens is 174 g/mol. The molecule has 1 saturated carbocycles. The van der Waals surface area contributed by atoms with Gasteiger partial charge in [-0.05, 0) is 45.6 Å². The van der Waals surface area contributed by atoms with Gasteiger partial charge in [0.1, 0.15) is 0 Å². The van der Waals surface area contributed by atoms with E-state index in [1.807, 2.05) is 0 Å². The van der Waals surface area contributed by atoms with Gasteiger partial charge in [-0.25, -0.2) is 0 Å². The third kappa shape index (κ3) is 2.29. The minimum atomic E-state index is -0.0181. The molecule has 1 saturated heterocycles. The molecule has 0 spiro atoms. The van der Waals surface area contributed by atoms with E-state index in [-0.39, 0.29) is 6.10 Å². The van der Waals surface area contributed by atoms with Gasteiger partial charge in [0.05, 0.1) is 6.10 Å². The highest BCUT2D eigenvalue weighted by Crippen LogP contribution is 2.28. The SMILES string of the molecule is CC1CCCCCN1C1CCC(O)C1. The maximum Gasteiger partial charge on any atom is 0.0555 e. The van der Waals surface area contributed by atoms with Gasteiger partial charge in [-0.2, -0.15) is 0 Å². The standard InChI is InChI=1S/C12H23NO/c1-10-5-3-2-4-8-13(10)11-6-7-12(14)9-11/h10-12,14H,2-9H2,1H3. The molecule has 14 heavy (non-hydrogen) atoms. The maximum atomic E-state index is 9.56. The minimum absolute atomic E-state index is 0.0181. The fourth-order valence-corrected chi connectivity index (χ4v) is 3.08. The van der Waals surface area contributed by atoms with Gasteiger partial charge >= 0.3 is 0 Å². The van der Waals surface area contributed by atoms with Crippen LogP contribution in [0.1, 0.15) is 51.9 Å². The molecule has 0 bridgehead atoms. The Morgan fingerprint density at radius 2 is 1.93 bits per heavy atom. The van der Waals surface area contributed by atoms with Gasteiger partial charge in [0.2, 0.25) is 0 Å². The van der Waals surface area contributed by atoms with Gasteiger partial charge in [0.25, 0.3) is 0 Å². The molecular formula is C12H23NO. The Kier molecular flexibility index (Phi) is 3.45. The van der Waals surface area contributed by atoms with Gasteiger partial charge in [0.15, 0.2) is 0 Å². The lowest BCUT2D eigenvalue weighted by Gasteiger charge is -2.32. The zero-order valence-electron chi connectivity index (χ0n) is 9.28. The second-order valence-electron chi connectivity index (χ2n) is 5.06. The monoisotopic (exact) mass is 197 g/mol. The van der Waals surface area contributed by atoms with Crippen molar-refractivity contribution in [3.63, 3.8) is 0 Å². The fraction of sp³-hybridized carbons (Fsp3) is 1.00. The summed E-state index contributed by atoms with van der Waals surface area (Å²) in [5.41, 5.74) is 0. The molecule has 2 nitrogen and oxygen atoms in total. The number of likely N-dealkylation sites (tertiary alicyclic amines) is 1. The minimum Gasteiger partial charge on any atom is -0.393 e. The summed E-state index contributed by atoms with van der Waals surface area (Å²) < 4.78 is 0. The smallest absolute Gasteiger partial charge is 0.0555 e. The van der Waals surface area contributed by atoms with Crippen LogP contribution in [0.2, 0.25) is 0 Å². The molecule has 2 fully saturated rings. The second kappa shape index (κ2) is 4.63. The Morgan fingerprint density at radius 3 is 2.64 bits per heavy atom. The van der Waals surface area contributed by atoms with Gasteiger partial charge < -0.3 is 5.11 Å². The first kappa shape index (κ1) is 10.4. The molecule has 82 valence electrons. The van der Waals surface area contributed by atoms with Crippen molar-refractivity contribution in [3.8, 4) is 0 Å². The second-order valence-corrected chi connectivity index (χ2v) is 5.06. The molecule has 0 aromatic rings. The van der Waals surface area contributed by atoms with Crippen LogP contribution < -0.4 is 0 Å². The molecule has 0 amide bonds. The maximum absolute atomic E-state index is 9.56. The molecule has 2 heteroatoms. The Morgan fingerprint density at radius 1 is 1.07 bits per heavy atom. The summed E-state index contributed by atoms with van der Waals surface area (Å²) in [6.07, 6.45) is 8.74. The van der Waals surface area contributed by atoms with E-state index in [9.17, 15) is 5.11 Å². The van der Waals surface area contributed by atoms with E-state index in [1.54, 1.807) is 0 Å². The van der Waals surface area contributed by atoms with Crippen molar-refractivity contribution < 1.29 is 5.11 Å². The summed E-state index contributed by atoms with van der Waals surface area (Å²) >= 11 is 0. The predicted molar refractivity (Wildman–Crippen MR) is 58.3 cm³/mol. The third-order valence-electron chi connectivity index (χ3n) is 3.95. The van der Waals surface area contributed by atoms with Crippen LogP contribution in [0.4, 0.5) is 0 Å². The van der Waals surface area contributed by atoms with E-state index in [0.29, 0.717) is 6.04 Å². The largest absolute Gasteiger partial charge is 0.393 e. The summed E-state index contributed by atoms with van der Waals surface area (Å²) in [7, 11) is 0. The van der Waals surface area contributed by atoms with Crippen LogP contribution in [0.15, 0.2) is 0 Å². The molecule has 2 aliphatic rings. The molecule has 0 aromatic carbocycles. The number of rotatable bonds is 1. The van der Waals surface area contributed by atoms with E-state index < -0.39 is 0 Å². The molecule has 3 unspecified atom stereocenters. The van der Waals surface area contributed by atoms with Crippen LogP contribution in [0.3, 0.4) is 0 Å². The van der Waals surface area contributed by atoms with Crippen molar-refractivity contribution in [2.75, 3.05) is 6.54 Å². The van der Waals surface area contributed by atoms with Crippen LogP contribution >= 0.6 is 0 Å². The number of hydrogen-bond donors (Lipinski definition) is 1. The van der Waals surface area contributed by atoms with Crippen LogP contribution in [0, 0.1) is 0 Å². The van der Waals surface area contributed by atoms with Crippen molar-refractivity contribution in [2.24, 2.45) is 0 Å². The Balaban J connectivity index is 1.93. The molecule has 0 radical (unpaired) electrons. The van der Waals surface area contributed by atoms with E-state index in [2.05, 4.69) is 11.8 Å². The van der Waals surface area contributed by atoms with E-state index >= 15 is 0 Å². The molecule has 0 aromatic heterocycles. The van der Waals surface area contributed by atoms with E-state index in [1.165, 1.54) is 38.6 Å². The van der Waals surface area contributed by atoms with Crippen LogP contribution in [-0.4, -0.2) is 34.7 Å². The number of aliphatic hydroxyl groups is 1. The topological polar surface area (TPSA) is 23.5 Å².